The molecule has 1 unspecified atom stereocenters. The molecule has 2 heterocycles. The third-order valence-corrected chi connectivity index (χ3v) is 6.31. The SMILES string of the molecule is CC1=C(C(=O)OC(C)C)C(c2ccc(F)cc2)N2C(CC(=O)NCc3ccccc3)=CSC2=N1. The summed E-state index contributed by atoms with van der Waals surface area (Å²) in [4.78, 5) is 32.4. The van der Waals surface area contributed by atoms with E-state index >= 15 is 0 Å². The second-order valence-electron chi connectivity index (χ2n) is 8.34. The highest BCUT2D eigenvalue weighted by atomic mass is 32.2. The molecule has 1 amide bonds. The average molecular weight is 480 g/mol. The summed E-state index contributed by atoms with van der Waals surface area (Å²) in [6.45, 7) is 5.76. The zero-order chi connectivity index (χ0) is 24.2. The summed E-state index contributed by atoms with van der Waals surface area (Å²) in [5.41, 5.74) is 3.35. The molecule has 4 rings (SSSR count). The molecule has 0 bridgehead atoms. The molecule has 0 radical (unpaired) electrons. The van der Waals surface area contributed by atoms with E-state index in [4.69, 9.17) is 4.74 Å². The van der Waals surface area contributed by atoms with E-state index in [0.29, 0.717) is 34.2 Å². The Kier molecular flexibility index (Phi) is 7.17. The summed E-state index contributed by atoms with van der Waals surface area (Å²) in [6.07, 6.45) is -0.193. The van der Waals surface area contributed by atoms with Crippen LogP contribution in [0.15, 0.2) is 82.0 Å². The molecule has 0 spiro atoms. The first-order chi connectivity index (χ1) is 16.3. The van der Waals surface area contributed by atoms with Crippen molar-refractivity contribution in [3.8, 4) is 0 Å². The smallest absolute Gasteiger partial charge is 0.338 e. The predicted octanol–water partition coefficient (Wildman–Crippen LogP) is 5.06. The highest BCUT2D eigenvalue weighted by Gasteiger charge is 2.41. The number of fused-ring (bicyclic) bond motifs is 1. The van der Waals surface area contributed by atoms with Crippen LogP contribution in [0.25, 0.3) is 0 Å². The Morgan fingerprint density at radius 3 is 2.53 bits per heavy atom. The van der Waals surface area contributed by atoms with Crippen molar-refractivity contribution >= 4 is 28.8 Å². The van der Waals surface area contributed by atoms with E-state index in [1.165, 1.54) is 23.9 Å². The molecule has 0 aliphatic carbocycles. The third kappa shape index (κ3) is 5.22. The second kappa shape index (κ2) is 10.3. The van der Waals surface area contributed by atoms with Gasteiger partial charge in [0.05, 0.1) is 29.8 Å². The van der Waals surface area contributed by atoms with Gasteiger partial charge in [-0.1, -0.05) is 54.2 Å². The summed E-state index contributed by atoms with van der Waals surface area (Å²) < 4.78 is 19.2. The number of carbonyl (C=O) groups is 2. The predicted molar refractivity (Wildman–Crippen MR) is 131 cm³/mol. The number of amides is 1. The van der Waals surface area contributed by atoms with Crippen LogP contribution in [0.5, 0.6) is 0 Å². The van der Waals surface area contributed by atoms with E-state index < -0.39 is 12.0 Å². The fourth-order valence-electron chi connectivity index (χ4n) is 3.89. The molecule has 34 heavy (non-hydrogen) atoms. The van der Waals surface area contributed by atoms with Crippen molar-refractivity contribution in [2.75, 3.05) is 0 Å². The zero-order valence-electron chi connectivity index (χ0n) is 19.2. The number of carbonyl (C=O) groups excluding carboxylic acids is 2. The van der Waals surface area contributed by atoms with E-state index in [-0.39, 0.29) is 24.2 Å². The van der Waals surface area contributed by atoms with Gasteiger partial charge in [0.1, 0.15) is 5.82 Å². The second-order valence-corrected chi connectivity index (χ2v) is 9.17. The number of halogens is 1. The van der Waals surface area contributed by atoms with E-state index in [1.807, 2.05) is 40.6 Å². The summed E-state index contributed by atoms with van der Waals surface area (Å²) in [7, 11) is 0. The first kappa shape index (κ1) is 23.8. The van der Waals surface area contributed by atoms with Gasteiger partial charge in [0.15, 0.2) is 5.17 Å². The normalized spacial score (nSPS) is 17.3. The van der Waals surface area contributed by atoms with Crippen LogP contribution in [0.4, 0.5) is 4.39 Å². The maximum Gasteiger partial charge on any atom is 0.338 e. The van der Waals surface area contributed by atoms with E-state index in [1.54, 1.807) is 32.9 Å². The van der Waals surface area contributed by atoms with Crippen molar-refractivity contribution < 1.29 is 18.7 Å². The van der Waals surface area contributed by atoms with Gasteiger partial charge in [-0.2, -0.15) is 0 Å². The minimum Gasteiger partial charge on any atom is -0.459 e. The van der Waals surface area contributed by atoms with Crippen molar-refractivity contribution in [3.05, 3.63) is 93.9 Å². The Hall–Kier alpha value is -3.39. The van der Waals surface area contributed by atoms with Crippen LogP contribution < -0.4 is 5.32 Å². The van der Waals surface area contributed by atoms with Crippen molar-refractivity contribution in [2.24, 2.45) is 4.99 Å². The van der Waals surface area contributed by atoms with Gasteiger partial charge in [0.2, 0.25) is 5.91 Å². The Morgan fingerprint density at radius 2 is 1.85 bits per heavy atom. The van der Waals surface area contributed by atoms with Crippen LogP contribution in [0.3, 0.4) is 0 Å². The van der Waals surface area contributed by atoms with Crippen molar-refractivity contribution in [2.45, 2.75) is 45.9 Å². The van der Waals surface area contributed by atoms with Crippen molar-refractivity contribution in [3.63, 3.8) is 0 Å². The minimum absolute atomic E-state index is 0.113. The number of hydrogen-bond donors (Lipinski definition) is 1. The molecule has 0 saturated heterocycles. The first-order valence-corrected chi connectivity index (χ1v) is 11.9. The Labute approximate surface area is 202 Å². The number of benzene rings is 2. The summed E-state index contributed by atoms with van der Waals surface area (Å²) in [5, 5.41) is 5.49. The lowest BCUT2D eigenvalue weighted by molar-refractivity contribution is -0.143. The zero-order valence-corrected chi connectivity index (χ0v) is 20.1. The molecule has 2 aromatic rings. The number of esters is 1. The van der Waals surface area contributed by atoms with Crippen molar-refractivity contribution in [1.82, 2.24) is 10.2 Å². The molecular weight excluding hydrogens is 453 g/mol. The monoisotopic (exact) mass is 479 g/mol. The molecule has 6 nitrogen and oxygen atoms in total. The molecule has 2 aromatic carbocycles. The van der Waals surface area contributed by atoms with Crippen LogP contribution in [0.1, 0.15) is 44.4 Å². The lowest BCUT2D eigenvalue weighted by Gasteiger charge is -2.36. The fraction of sp³-hybridized carbons (Fsp3) is 0.269. The van der Waals surface area contributed by atoms with Gasteiger partial charge in [-0.25, -0.2) is 14.2 Å². The lowest BCUT2D eigenvalue weighted by atomic mass is 9.93. The van der Waals surface area contributed by atoms with E-state index in [2.05, 4.69) is 10.3 Å². The number of amidine groups is 1. The topological polar surface area (TPSA) is 71.0 Å². The largest absolute Gasteiger partial charge is 0.459 e. The quantitative estimate of drug-likeness (QED) is 0.562. The van der Waals surface area contributed by atoms with Gasteiger partial charge in [-0.15, -0.1) is 0 Å². The summed E-state index contributed by atoms with van der Waals surface area (Å²) in [6, 6.07) is 15.1. The molecule has 176 valence electrons. The number of ether oxygens (including phenoxy) is 1. The fourth-order valence-corrected chi connectivity index (χ4v) is 4.86. The minimum atomic E-state index is -0.581. The van der Waals surface area contributed by atoms with E-state index in [9.17, 15) is 14.0 Å². The molecule has 2 aliphatic heterocycles. The van der Waals surface area contributed by atoms with Gasteiger partial charge in [0.25, 0.3) is 0 Å². The Bertz CT molecular complexity index is 1170. The van der Waals surface area contributed by atoms with Crippen LogP contribution in [-0.4, -0.2) is 28.0 Å². The van der Waals surface area contributed by atoms with Crippen LogP contribution in [0.2, 0.25) is 0 Å². The number of nitrogens with zero attached hydrogens (tertiary/aromatic N) is 2. The number of hydrogen-bond acceptors (Lipinski definition) is 6. The molecule has 8 heteroatoms. The Morgan fingerprint density at radius 1 is 1.15 bits per heavy atom. The maximum atomic E-state index is 13.7. The summed E-state index contributed by atoms with van der Waals surface area (Å²) >= 11 is 1.40. The van der Waals surface area contributed by atoms with Gasteiger partial charge >= 0.3 is 5.97 Å². The maximum absolute atomic E-state index is 13.7. The molecule has 0 aromatic heterocycles. The first-order valence-electron chi connectivity index (χ1n) is 11.0. The number of aliphatic imine (C=N–C) groups is 1. The van der Waals surface area contributed by atoms with Crippen LogP contribution >= 0.6 is 11.8 Å². The van der Waals surface area contributed by atoms with Gasteiger partial charge in [-0.05, 0) is 49.4 Å². The molecule has 1 atom stereocenters. The van der Waals surface area contributed by atoms with Gasteiger partial charge in [0, 0.05) is 12.2 Å². The highest BCUT2D eigenvalue weighted by molar-refractivity contribution is 8.16. The molecule has 1 N–H and O–H groups in total. The number of allylic oxidation sites excluding steroid dienone is 1. The van der Waals surface area contributed by atoms with Crippen molar-refractivity contribution in [1.29, 1.82) is 0 Å². The standard InChI is InChI=1S/C26H26FN3O3S/c1-16(2)33-25(32)23-17(3)29-26-30(24(23)19-9-11-20(27)12-10-19)21(15-34-26)13-22(31)28-14-18-7-5-4-6-8-18/h4-12,15-16,24H,13-14H2,1-3H3,(H,28,31). The highest BCUT2D eigenvalue weighted by Crippen LogP contribution is 2.44. The van der Waals surface area contributed by atoms with Crippen LogP contribution in [0, 0.1) is 5.82 Å². The number of thioether (sulfide) groups is 1. The lowest BCUT2D eigenvalue weighted by Crippen LogP contribution is -2.38. The van der Waals surface area contributed by atoms with Gasteiger partial charge in [-0.3, -0.25) is 4.79 Å². The molecular formula is C26H26FN3O3S. The third-order valence-electron chi connectivity index (χ3n) is 5.42. The average Bonchev–Trinajstić information content (AvgIpc) is 3.19. The van der Waals surface area contributed by atoms with E-state index in [0.717, 1.165) is 5.56 Å². The Balaban J connectivity index is 1.61. The molecule has 0 fully saturated rings. The summed E-state index contributed by atoms with van der Waals surface area (Å²) in [5.74, 6) is -0.992. The van der Waals surface area contributed by atoms with Gasteiger partial charge < -0.3 is 15.0 Å². The number of rotatable bonds is 7. The van der Waals surface area contributed by atoms with Crippen LogP contribution in [-0.2, 0) is 20.9 Å². The number of nitrogens with one attached hydrogen (secondary N) is 1. The molecule has 0 saturated carbocycles. The molecule has 2 aliphatic rings.